The van der Waals surface area contributed by atoms with E-state index in [4.69, 9.17) is 0 Å². The van der Waals surface area contributed by atoms with Gasteiger partial charge in [0.15, 0.2) is 0 Å². The van der Waals surface area contributed by atoms with Gasteiger partial charge in [-0.15, -0.1) is 12.2 Å². The Morgan fingerprint density at radius 3 is 1.60 bits per heavy atom. The Morgan fingerprint density at radius 1 is 0.714 bits per heavy atom. The summed E-state index contributed by atoms with van der Waals surface area (Å²) in [5.41, 5.74) is 9.39. The van der Waals surface area contributed by atoms with Gasteiger partial charge in [0.2, 0.25) is 0 Å². The maximum absolute atomic E-state index is 2.41. The first kappa shape index (κ1) is 31.6. The number of fused-ring (bicyclic) bond motifs is 1. The number of rotatable bonds is 4. The monoisotopic (exact) mass is 556 g/mol. The molecule has 0 N–H and O–H groups in total. The smallest absolute Gasteiger partial charge is 1.00 e. The number of aryl methyl sites for hydroxylation is 3. The van der Waals surface area contributed by atoms with Gasteiger partial charge in [0.1, 0.15) is 0 Å². The van der Waals surface area contributed by atoms with E-state index in [1.807, 2.05) is 0 Å². The molecule has 180 valence electrons. The quantitative estimate of drug-likeness (QED) is 0.216. The van der Waals surface area contributed by atoms with Crippen molar-refractivity contribution in [2.75, 3.05) is 0 Å². The van der Waals surface area contributed by atoms with Crippen LogP contribution in [-0.2, 0) is 27.1 Å². The molecule has 0 aromatic heterocycles. The molecule has 2 aliphatic carbocycles. The van der Waals surface area contributed by atoms with Crippen LogP contribution in [0.4, 0.5) is 0 Å². The molecule has 1 atom stereocenters. The first-order chi connectivity index (χ1) is 15.1. The van der Waals surface area contributed by atoms with Crippen LogP contribution in [0.2, 0.25) is 0 Å². The molecule has 0 aliphatic heterocycles. The molecule has 5 rings (SSSR count). The van der Waals surface area contributed by atoms with E-state index >= 15 is 0 Å². The van der Waals surface area contributed by atoms with Gasteiger partial charge in [-0.05, 0) is 49.8 Å². The predicted octanol–water partition coefficient (Wildman–Crippen LogP) is -1.17. The van der Waals surface area contributed by atoms with Crippen LogP contribution in [0.3, 0.4) is 0 Å². The molecule has 0 nitrogen and oxygen atoms in total. The van der Waals surface area contributed by atoms with Crippen molar-refractivity contribution in [1.82, 2.24) is 0 Å². The van der Waals surface area contributed by atoms with Crippen molar-refractivity contribution in [2.45, 2.75) is 45.4 Å². The molecule has 0 spiro atoms. The van der Waals surface area contributed by atoms with Gasteiger partial charge < -0.3 is 37.2 Å². The molecule has 0 radical (unpaired) electrons. The van der Waals surface area contributed by atoms with E-state index in [2.05, 4.69) is 112 Å². The molecule has 0 saturated heterocycles. The normalized spacial score (nSPS) is 16.0. The summed E-state index contributed by atoms with van der Waals surface area (Å²) in [7, 11) is 0. The van der Waals surface area contributed by atoms with Gasteiger partial charge in [-0.2, -0.15) is 5.92 Å². The van der Waals surface area contributed by atoms with Crippen LogP contribution in [-0.4, -0.2) is 0 Å². The second-order valence-electron chi connectivity index (χ2n) is 9.36. The summed E-state index contributed by atoms with van der Waals surface area (Å²) in [5, 5.41) is 0. The van der Waals surface area contributed by atoms with Gasteiger partial charge >= 0.3 is 21.7 Å². The maximum Gasteiger partial charge on any atom is 4.00 e. The minimum Gasteiger partial charge on any atom is -1.00 e. The van der Waals surface area contributed by atoms with Gasteiger partial charge in [-0.1, -0.05) is 102 Å². The van der Waals surface area contributed by atoms with Crippen molar-refractivity contribution < 1.29 is 58.9 Å². The summed E-state index contributed by atoms with van der Waals surface area (Å²) in [6.07, 6.45) is 10.6. The molecule has 3 aromatic carbocycles. The third-order valence-corrected chi connectivity index (χ3v) is 7.17. The Bertz CT molecular complexity index is 1070. The van der Waals surface area contributed by atoms with Gasteiger partial charge in [-0.25, -0.2) is 11.6 Å². The first-order valence-corrected chi connectivity index (χ1v) is 11.5. The fourth-order valence-corrected chi connectivity index (χ4v) is 5.82. The zero-order valence-electron chi connectivity index (χ0n) is 20.5. The summed E-state index contributed by atoms with van der Waals surface area (Å²) in [6.45, 7) is 6.64. The summed E-state index contributed by atoms with van der Waals surface area (Å²) in [4.78, 5) is 0. The zero-order valence-corrected chi connectivity index (χ0v) is 24.3. The Kier molecular flexibility index (Phi) is 12.0. The van der Waals surface area contributed by atoms with Crippen LogP contribution in [0.5, 0.6) is 0 Å². The van der Waals surface area contributed by atoms with Crippen LogP contribution >= 0.6 is 0 Å². The molecule has 1 saturated carbocycles. The standard InChI is InChI=1S/C31H31.3ClH.Ti/c1-22-9-6-13-26(19-22)31(27-14-7-10-23(2)20-27,28-15-8-11-24(3)21-28)30-18-17-25-12-4-5-16-29(25)30;;;;/h4-11,13-16,19-21,25H,12,17-18H2,1-3H3;3*1H;/q-1;;;;+4/p-3. The Labute approximate surface area is 244 Å². The molecule has 0 bridgehead atoms. The van der Waals surface area contributed by atoms with E-state index in [1.165, 1.54) is 46.2 Å². The van der Waals surface area contributed by atoms with Crippen molar-refractivity contribution in [3.63, 3.8) is 0 Å². The van der Waals surface area contributed by atoms with Gasteiger partial charge in [0.05, 0.1) is 0 Å². The van der Waals surface area contributed by atoms with E-state index in [-0.39, 0.29) is 64.4 Å². The Hall–Kier alpha value is -1.41. The minimum atomic E-state index is -0.268. The molecule has 1 fully saturated rings. The summed E-state index contributed by atoms with van der Waals surface area (Å²) in [5.74, 6) is 2.24. The molecule has 35 heavy (non-hydrogen) atoms. The molecule has 0 heterocycles. The average molecular weight is 558 g/mol. The molecule has 4 heteroatoms. The van der Waals surface area contributed by atoms with Crippen molar-refractivity contribution >= 4 is 0 Å². The van der Waals surface area contributed by atoms with Crippen molar-refractivity contribution in [1.29, 1.82) is 0 Å². The van der Waals surface area contributed by atoms with E-state index in [0.717, 1.165) is 6.42 Å². The van der Waals surface area contributed by atoms with Gasteiger partial charge in [-0.3, -0.25) is 0 Å². The van der Waals surface area contributed by atoms with E-state index in [0.29, 0.717) is 5.92 Å². The molecule has 2 aliphatic rings. The Balaban J connectivity index is 0.00000153. The Morgan fingerprint density at radius 2 is 1.17 bits per heavy atom. The second-order valence-corrected chi connectivity index (χ2v) is 9.36. The largest absolute Gasteiger partial charge is 4.00 e. The molecule has 1 unspecified atom stereocenters. The van der Waals surface area contributed by atoms with Crippen LogP contribution in [0.15, 0.2) is 96.6 Å². The average Bonchev–Trinajstić information content (AvgIpc) is 3.19. The predicted molar refractivity (Wildman–Crippen MR) is 131 cm³/mol. The first-order valence-electron chi connectivity index (χ1n) is 11.5. The van der Waals surface area contributed by atoms with Crippen molar-refractivity contribution in [2.24, 2.45) is 5.92 Å². The number of hydrogen-bond donors (Lipinski definition) is 0. The summed E-state index contributed by atoms with van der Waals surface area (Å²) < 4.78 is 0. The zero-order chi connectivity index (χ0) is 21.4. The van der Waals surface area contributed by atoms with Gasteiger partial charge in [0, 0.05) is 5.41 Å². The second kappa shape index (κ2) is 13.2. The van der Waals surface area contributed by atoms with Crippen molar-refractivity contribution in [3.8, 4) is 0 Å². The fraction of sp³-hybridized carbons (Fsp3) is 0.258. The maximum atomic E-state index is 2.41. The summed E-state index contributed by atoms with van der Waals surface area (Å²) in [6, 6.07) is 27.6. The number of benzene rings is 3. The van der Waals surface area contributed by atoms with Crippen LogP contribution < -0.4 is 37.2 Å². The molecule has 0 amide bonds. The number of allylic oxidation sites excluding steroid dienone is 4. The molecular formula is C31H31Cl3Ti. The van der Waals surface area contributed by atoms with E-state index < -0.39 is 0 Å². The number of halogens is 3. The topological polar surface area (TPSA) is 0 Å². The number of hydrogen-bond acceptors (Lipinski definition) is 0. The van der Waals surface area contributed by atoms with Gasteiger partial charge in [0.25, 0.3) is 0 Å². The van der Waals surface area contributed by atoms with Crippen LogP contribution in [0, 0.1) is 32.6 Å². The van der Waals surface area contributed by atoms with Crippen molar-refractivity contribution in [3.05, 3.63) is 136 Å². The fourth-order valence-electron chi connectivity index (χ4n) is 5.82. The minimum absolute atomic E-state index is 0. The van der Waals surface area contributed by atoms with E-state index in [1.54, 1.807) is 11.5 Å². The molecule has 3 aromatic rings. The van der Waals surface area contributed by atoms with E-state index in [9.17, 15) is 0 Å². The molecular weight excluding hydrogens is 527 g/mol. The third-order valence-electron chi connectivity index (χ3n) is 7.17. The third kappa shape index (κ3) is 5.79. The van der Waals surface area contributed by atoms with Crippen LogP contribution in [0.1, 0.15) is 52.6 Å². The summed E-state index contributed by atoms with van der Waals surface area (Å²) >= 11 is 0. The SMILES string of the molecule is Cc1cccc(C(c2cccc(C)c2)(c2cccc(C)c2)[C-]2CCC3CC=CC=C23)c1.[Cl-].[Cl-].[Cl-].[Ti+4]. The van der Waals surface area contributed by atoms with Crippen LogP contribution in [0.25, 0.3) is 0 Å².